The molecule has 1 aromatic heterocycles. The van der Waals surface area contributed by atoms with Gasteiger partial charge in [-0.25, -0.2) is 4.79 Å². The number of ether oxygens (including phenoxy) is 2. The number of hydrogen-bond acceptors (Lipinski definition) is 6. The van der Waals surface area contributed by atoms with Crippen molar-refractivity contribution < 1.29 is 19.7 Å². The third-order valence-electron chi connectivity index (χ3n) is 3.23. The second-order valence-corrected chi connectivity index (χ2v) is 4.74. The van der Waals surface area contributed by atoms with Gasteiger partial charge >= 0.3 is 5.69 Å². The summed E-state index contributed by atoms with van der Waals surface area (Å²) in [5, 5.41) is 18.8. The first-order valence-corrected chi connectivity index (χ1v) is 6.54. The van der Waals surface area contributed by atoms with Crippen molar-refractivity contribution in [3.05, 3.63) is 45.3 Å². The van der Waals surface area contributed by atoms with Gasteiger partial charge in [0, 0.05) is 12.6 Å². The lowest BCUT2D eigenvalue weighted by atomic mass is 10.2. The molecule has 3 N–H and O–H groups in total. The van der Waals surface area contributed by atoms with E-state index in [1.54, 1.807) is 6.08 Å². The molecule has 116 valence electrons. The molecule has 1 saturated heterocycles. The van der Waals surface area contributed by atoms with Crippen LogP contribution in [0.5, 0.6) is 0 Å². The minimum absolute atomic E-state index is 0.0281. The van der Waals surface area contributed by atoms with Gasteiger partial charge in [-0.1, -0.05) is 6.08 Å². The van der Waals surface area contributed by atoms with E-state index < -0.39 is 29.7 Å². The predicted octanol–water partition coefficient (Wildman–Crippen LogP) is -1.12. The van der Waals surface area contributed by atoms with E-state index in [0.29, 0.717) is 0 Å². The van der Waals surface area contributed by atoms with E-state index in [1.807, 2.05) is 0 Å². The maximum atomic E-state index is 11.8. The first kappa shape index (κ1) is 15.6. The smallest absolute Gasteiger partial charge is 0.330 e. The van der Waals surface area contributed by atoms with E-state index in [0.717, 1.165) is 0 Å². The zero-order valence-electron chi connectivity index (χ0n) is 11.4. The van der Waals surface area contributed by atoms with Gasteiger partial charge in [0.05, 0.1) is 31.5 Å². The quantitative estimate of drug-likeness (QED) is 0.453. The summed E-state index contributed by atoms with van der Waals surface area (Å²) >= 11 is 0. The average molecular weight is 298 g/mol. The number of rotatable bonds is 6. The van der Waals surface area contributed by atoms with Gasteiger partial charge in [-0.3, -0.25) is 14.3 Å². The van der Waals surface area contributed by atoms with Gasteiger partial charge in [0.25, 0.3) is 5.56 Å². The van der Waals surface area contributed by atoms with Crippen LogP contribution in [0.4, 0.5) is 0 Å². The van der Waals surface area contributed by atoms with E-state index in [-0.39, 0.29) is 31.8 Å². The Bertz CT molecular complexity index is 607. The molecule has 8 heteroatoms. The van der Waals surface area contributed by atoms with E-state index >= 15 is 0 Å². The van der Waals surface area contributed by atoms with Crippen LogP contribution in [0.1, 0.15) is 18.2 Å². The number of H-pyrrole nitrogens is 1. The van der Waals surface area contributed by atoms with E-state index in [4.69, 9.17) is 14.6 Å². The Morgan fingerprint density at radius 3 is 2.95 bits per heavy atom. The molecule has 1 aromatic rings. The SMILES string of the molecule is C=CCOCc1cn([C@H]2C[C@@H](O)[C@@H](CO)O2)c(=O)[nH]c1=O. The Kier molecular flexibility index (Phi) is 5.07. The lowest BCUT2D eigenvalue weighted by Gasteiger charge is -2.15. The molecular weight excluding hydrogens is 280 g/mol. The minimum atomic E-state index is -0.862. The van der Waals surface area contributed by atoms with Gasteiger partial charge in [-0.05, 0) is 0 Å². The standard InChI is InChI=1S/C13H18N2O6/c1-2-3-20-7-8-5-15(13(19)14-12(8)18)11-4-9(17)10(6-16)21-11/h2,5,9-11,16-17H,1,3-4,6-7H2,(H,14,18,19)/t9-,10-,11-/m1/s1. The molecule has 1 fully saturated rings. The van der Waals surface area contributed by atoms with Crippen LogP contribution in [0.15, 0.2) is 28.4 Å². The van der Waals surface area contributed by atoms with Crippen LogP contribution in [0, 0.1) is 0 Å². The molecule has 2 heterocycles. The monoisotopic (exact) mass is 298 g/mol. The zero-order chi connectivity index (χ0) is 15.4. The molecule has 0 radical (unpaired) electrons. The molecule has 0 aromatic carbocycles. The lowest BCUT2D eigenvalue weighted by molar-refractivity contribution is -0.0461. The molecule has 0 saturated carbocycles. The molecule has 8 nitrogen and oxygen atoms in total. The predicted molar refractivity (Wildman–Crippen MR) is 72.8 cm³/mol. The average Bonchev–Trinajstić information content (AvgIpc) is 2.82. The zero-order valence-corrected chi connectivity index (χ0v) is 11.4. The van der Waals surface area contributed by atoms with Crippen molar-refractivity contribution in [2.45, 2.75) is 31.5 Å². The van der Waals surface area contributed by atoms with Crippen LogP contribution >= 0.6 is 0 Å². The fourth-order valence-corrected chi connectivity index (χ4v) is 2.15. The fourth-order valence-electron chi connectivity index (χ4n) is 2.15. The number of aromatic amines is 1. The van der Waals surface area contributed by atoms with Crippen LogP contribution in [0.3, 0.4) is 0 Å². The van der Waals surface area contributed by atoms with Crippen molar-refractivity contribution in [3.63, 3.8) is 0 Å². The third-order valence-corrected chi connectivity index (χ3v) is 3.23. The molecule has 0 spiro atoms. The van der Waals surface area contributed by atoms with Crippen LogP contribution < -0.4 is 11.2 Å². The number of nitrogens with one attached hydrogen (secondary N) is 1. The van der Waals surface area contributed by atoms with E-state index in [9.17, 15) is 14.7 Å². The van der Waals surface area contributed by atoms with Crippen molar-refractivity contribution in [2.24, 2.45) is 0 Å². The summed E-state index contributed by atoms with van der Waals surface area (Å²) in [6, 6.07) is 0. The van der Waals surface area contributed by atoms with Crippen molar-refractivity contribution in [3.8, 4) is 0 Å². The Morgan fingerprint density at radius 1 is 1.57 bits per heavy atom. The molecule has 3 atom stereocenters. The van der Waals surface area contributed by atoms with Gasteiger partial charge in [-0.2, -0.15) is 0 Å². The molecule has 1 aliphatic heterocycles. The van der Waals surface area contributed by atoms with E-state index in [1.165, 1.54) is 10.8 Å². The summed E-state index contributed by atoms with van der Waals surface area (Å²) < 4.78 is 11.8. The topological polar surface area (TPSA) is 114 Å². The normalized spacial score (nSPS) is 25.1. The Hall–Kier alpha value is -1.74. The van der Waals surface area contributed by atoms with Crippen molar-refractivity contribution in [1.82, 2.24) is 9.55 Å². The van der Waals surface area contributed by atoms with Crippen LogP contribution in [-0.2, 0) is 16.1 Å². The van der Waals surface area contributed by atoms with Crippen molar-refractivity contribution in [2.75, 3.05) is 13.2 Å². The molecule has 0 bridgehead atoms. The molecule has 0 amide bonds. The highest BCUT2D eigenvalue weighted by Gasteiger charge is 2.35. The van der Waals surface area contributed by atoms with Crippen molar-refractivity contribution in [1.29, 1.82) is 0 Å². The number of aliphatic hydroxyl groups excluding tert-OH is 2. The van der Waals surface area contributed by atoms with Crippen molar-refractivity contribution >= 4 is 0 Å². The van der Waals surface area contributed by atoms with Gasteiger partial charge < -0.3 is 19.7 Å². The molecular formula is C13H18N2O6. The Balaban J connectivity index is 2.23. The molecule has 0 unspecified atom stereocenters. The second-order valence-electron chi connectivity index (χ2n) is 4.74. The van der Waals surface area contributed by atoms with Gasteiger partial charge in [0.1, 0.15) is 12.3 Å². The summed E-state index contributed by atoms with van der Waals surface area (Å²) in [5.41, 5.74) is -0.900. The maximum absolute atomic E-state index is 11.8. The number of aliphatic hydroxyl groups is 2. The minimum Gasteiger partial charge on any atom is -0.394 e. The fraction of sp³-hybridized carbons (Fsp3) is 0.538. The van der Waals surface area contributed by atoms with Gasteiger partial charge in [0.15, 0.2) is 0 Å². The van der Waals surface area contributed by atoms with E-state index in [2.05, 4.69) is 11.6 Å². The number of nitrogens with zero attached hydrogens (tertiary/aromatic N) is 1. The summed E-state index contributed by atoms with van der Waals surface area (Å²) in [4.78, 5) is 25.7. The highest BCUT2D eigenvalue weighted by atomic mass is 16.5. The summed E-state index contributed by atoms with van der Waals surface area (Å²) in [6.45, 7) is 3.46. The second kappa shape index (κ2) is 6.81. The number of hydrogen-bond donors (Lipinski definition) is 3. The summed E-state index contributed by atoms with van der Waals surface area (Å²) in [6.07, 6.45) is 0.714. The highest BCUT2D eigenvalue weighted by molar-refractivity contribution is 5.04. The Labute approximate surface area is 120 Å². The lowest BCUT2D eigenvalue weighted by Crippen LogP contribution is -2.34. The van der Waals surface area contributed by atoms with Gasteiger partial charge in [-0.15, -0.1) is 6.58 Å². The molecule has 1 aliphatic rings. The molecule has 21 heavy (non-hydrogen) atoms. The van der Waals surface area contributed by atoms with Crippen LogP contribution in [-0.4, -0.2) is 45.2 Å². The first-order valence-electron chi connectivity index (χ1n) is 6.54. The molecule has 0 aliphatic carbocycles. The summed E-state index contributed by atoms with van der Waals surface area (Å²) in [5.74, 6) is 0. The van der Waals surface area contributed by atoms with Crippen LogP contribution in [0.25, 0.3) is 0 Å². The highest BCUT2D eigenvalue weighted by Crippen LogP contribution is 2.27. The number of aromatic nitrogens is 2. The van der Waals surface area contributed by atoms with Crippen LogP contribution in [0.2, 0.25) is 0 Å². The van der Waals surface area contributed by atoms with Gasteiger partial charge in [0.2, 0.25) is 0 Å². The largest absolute Gasteiger partial charge is 0.394 e. The first-order chi connectivity index (χ1) is 10.1. The third kappa shape index (κ3) is 3.48. The summed E-state index contributed by atoms with van der Waals surface area (Å²) in [7, 11) is 0. The maximum Gasteiger partial charge on any atom is 0.330 e. The molecule has 2 rings (SSSR count). The Morgan fingerprint density at radius 2 is 2.33 bits per heavy atom.